The van der Waals surface area contributed by atoms with Gasteiger partial charge in [-0.05, 0) is 6.92 Å². The minimum absolute atomic E-state index is 0.545. The van der Waals surface area contributed by atoms with Gasteiger partial charge in [-0.1, -0.05) is 21.1 Å². The number of alkyl halides is 1. The van der Waals surface area contributed by atoms with Crippen molar-refractivity contribution in [2.24, 2.45) is 0 Å². The Morgan fingerprint density at radius 1 is 1.90 bits per heavy atom. The molecule has 1 aromatic rings. The van der Waals surface area contributed by atoms with Crippen molar-refractivity contribution in [1.29, 1.82) is 0 Å². The Balaban J connectivity index is 2.78. The van der Waals surface area contributed by atoms with Crippen LogP contribution in [-0.4, -0.2) is 10.3 Å². The van der Waals surface area contributed by atoms with Crippen LogP contribution in [0.5, 0.6) is 0 Å². The minimum Gasteiger partial charge on any atom is -0.387 e. The lowest BCUT2D eigenvalue weighted by Crippen LogP contribution is -1.88. The van der Waals surface area contributed by atoms with Gasteiger partial charge >= 0.3 is 0 Å². The molecule has 1 N–H and O–H groups in total. The van der Waals surface area contributed by atoms with Crippen molar-refractivity contribution >= 4 is 15.9 Å². The summed E-state index contributed by atoms with van der Waals surface area (Å²) < 4.78 is 4.82. The molecular formula is C6H8BrNO2. The van der Waals surface area contributed by atoms with Crippen LogP contribution in [0.2, 0.25) is 0 Å². The van der Waals surface area contributed by atoms with Crippen LogP contribution in [0, 0.1) is 0 Å². The van der Waals surface area contributed by atoms with Gasteiger partial charge in [0.2, 0.25) is 0 Å². The van der Waals surface area contributed by atoms with E-state index in [0.29, 0.717) is 11.0 Å². The first-order valence-corrected chi connectivity index (χ1v) is 4.05. The molecule has 0 saturated carbocycles. The van der Waals surface area contributed by atoms with Crippen LogP contribution in [0.1, 0.15) is 24.5 Å². The maximum Gasteiger partial charge on any atom is 0.147 e. The van der Waals surface area contributed by atoms with E-state index >= 15 is 0 Å². The molecule has 0 spiro atoms. The lowest BCUT2D eigenvalue weighted by Gasteiger charge is -1.92. The Morgan fingerprint density at radius 3 is 2.90 bits per heavy atom. The van der Waals surface area contributed by atoms with E-state index in [4.69, 9.17) is 9.63 Å². The fourth-order valence-electron chi connectivity index (χ4n) is 0.589. The van der Waals surface area contributed by atoms with Crippen molar-refractivity contribution < 1.29 is 9.63 Å². The third-order valence-corrected chi connectivity index (χ3v) is 1.69. The highest BCUT2D eigenvalue weighted by molar-refractivity contribution is 9.08. The van der Waals surface area contributed by atoms with Gasteiger partial charge in [-0.2, -0.15) is 0 Å². The van der Waals surface area contributed by atoms with Gasteiger partial charge in [-0.25, -0.2) is 0 Å². The SMILES string of the molecule is C[C@H](O)c1cc(CBr)on1. The summed E-state index contributed by atoms with van der Waals surface area (Å²) >= 11 is 3.20. The molecule has 10 heavy (non-hydrogen) atoms. The van der Waals surface area contributed by atoms with Crippen LogP contribution >= 0.6 is 15.9 Å². The van der Waals surface area contributed by atoms with Gasteiger partial charge in [-0.15, -0.1) is 0 Å². The van der Waals surface area contributed by atoms with E-state index < -0.39 is 6.10 Å². The summed E-state index contributed by atoms with van der Waals surface area (Å²) in [4.78, 5) is 0. The zero-order valence-corrected chi connectivity index (χ0v) is 7.13. The van der Waals surface area contributed by atoms with Gasteiger partial charge in [0.25, 0.3) is 0 Å². The molecule has 4 heteroatoms. The molecule has 0 saturated heterocycles. The molecule has 1 aromatic heterocycles. The van der Waals surface area contributed by atoms with Gasteiger partial charge in [0.15, 0.2) is 0 Å². The van der Waals surface area contributed by atoms with E-state index in [-0.39, 0.29) is 0 Å². The molecule has 1 rings (SSSR count). The monoisotopic (exact) mass is 205 g/mol. The lowest BCUT2D eigenvalue weighted by molar-refractivity contribution is 0.187. The molecule has 0 fully saturated rings. The average molecular weight is 206 g/mol. The van der Waals surface area contributed by atoms with Crippen LogP contribution in [0.15, 0.2) is 10.6 Å². The highest BCUT2D eigenvalue weighted by atomic mass is 79.9. The molecule has 1 heterocycles. The van der Waals surface area contributed by atoms with E-state index in [9.17, 15) is 0 Å². The Kier molecular flexibility index (Phi) is 2.45. The zero-order chi connectivity index (χ0) is 7.56. The van der Waals surface area contributed by atoms with Gasteiger partial charge in [0.05, 0.1) is 11.4 Å². The van der Waals surface area contributed by atoms with E-state index in [1.54, 1.807) is 13.0 Å². The number of hydrogen-bond acceptors (Lipinski definition) is 3. The van der Waals surface area contributed by atoms with Gasteiger partial charge < -0.3 is 9.63 Å². The number of rotatable bonds is 2. The third-order valence-electron chi connectivity index (χ3n) is 1.14. The summed E-state index contributed by atoms with van der Waals surface area (Å²) in [6.07, 6.45) is -0.545. The predicted octanol–water partition coefficient (Wildman–Crippen LogP) is 1.62. The van der Waals surface area contributed by atoms with E-state index in [1.165, 1.54) is 0 Å². The van der Waals surface area contributed by atoms with Gasteiger partial charge in [0.1, 0.15) is 11.5 Å². The zero-order valence-electron chi connectivity index (χ0n) is 5.54. The molecule has 1 atom stereocenters. The Bertz CT molecular complexity index is 209. The summed E-state index contributed by atoms with van der Waals surface area (Å²) in [6, 6.07) is 1.72. The molecule has 0 aliphatic rings. The smallest absolute Gasteiger partial charge is 0.147 e. The van der Waals surface area contributed by atoms with E-state index in [1.807, 2.05) is 0 Å². The van der Waals surface area contributed by atoms with Crippen molar-refractivity contribution in [2.45, 2.75) is 18.4 Å². The van der Waals surface area contributed by atoms with Crippen LogP contribution in [0.4, 0.5) is 0 Å². The van der Waals surface area contributed by atoms with E-state index in [0.717, 1.165) is 5.76 Å². The third kappa shape index (κ3) is 1.58. The molecule has 0 aromatic carbocycles. The molecule has 3 nitrogen and oxygen atoms in total. The van der Waals surface area contributed by atoms with Crippen molar-refractivity contribution in [2.75, 3.05) is 0 Å². The Morgan fingerprint density at radius 2 is 2.60 bits per heavy atom. The van der Waals surface area contributed by atoms with Crippen molar-refractivity contribution in [1.82, 2.24) is 5.16 Å². The minimum atomic E-state index is -0.545. The molecule has 56 valence electrons. The largest absolute Gasteiger partial charge is 0.387 e. The molecule has 0 aliphatic carbocycles. The lowest BCUT2D eigenvalue weighted by atomic mass is 10.3. The Hall–Kier alpha value is -0.350. The quantitative estimate of drug-likeness (QED) is 0.748. The number of hydrogen-bond donors (Lipinski definition) is 1. The van der Waals surface area contributed by atoms with Crippen LogP contribution < -0.4 is 0 Å². The van der Waals surface area contributed by atoms with Gasteiger partial charge in [0, 0.05) is 6.07 Å². The second-order valence-electron chi connectivity index (χ2n) is 2.03. The second kappa shape index (κ2) is 3.16. The number of halogens is 1. The Labute approximate surface area is 67.2 Å². The summed E-state index contributed by atoms with van der Waals surface area (Å²) in [6.45, 7) is 1.65. The summed E-state index contributed by atoms with van der Waals surface area (Å²) in [5.41, 5.74) is 0.578. The summed E-state index contributed by atoms with van der Waals surface area (Å²) in [5, 5.41) is 13.3. The van der Waals surface area contributed by atoms with Crippen LogP contribution in [0.3, 0.4) is 0 Å². The normalized spacial score (nSPS) is 13.5. The fraction of sp³-hybridized carbons (Fsp3) is 0.500. The number of aliphatic hydroxyl groups excluding tert-OH is 1. The molecule has 0 bridgehead atoms. The van der Waals surface area contributed by atoms with Crippen molar-refractivity contribution in [3.05, 3.63) is 17.5 Å². The van der Waals surface area contributed by atoms with Gasteiger partial charge in [-0.3, -0.25) is 0 Å². The first kappa shape index (κ1) is 7.75. The number of aliphatic hydroxyl groups is 1. The van der Waals surface area contributed by atoms with Crippen molar-refractivity contribution in [3.8, 4) is 0 Å². The first-order valence-electron chi connectivity index (χ1n) is 2.93. The average Bonchev–Trinajstić information content (AvgIpc) is 2.34. The summed E-state index contributed by atoms with van der Waals surface area (Å²) in [7, 11) is 0. The first-order chi connectivity index (χ1) is 4.74. The molecule has 0 radical (unpaired) electrons. The molecular weight excluding hydrogens is 198 g/mol. The highest BCUT2D eigenvalue weighted by Crippen LogP contribution is 2.13. The maximum absolute atomic E-state index is 8.99. The standard InChI is InChI=1S/C6H8BrNO2/c1-4(9)6-2-5(3-7)10-8-6/h2,4,9H,3H2,1H3/t4-/m0/s1. The molecule has 0 unspecified atom stereocenters. The highest BCUT2D eigenvalue weighted by Gasteiger charge is 2.06. The van der Waals surface area contributed by atoms with E-state index in [2.05, 4.69) is 21.1 Å². The molecule has 0 amide bonds. The second-order valence-corrected chi connectivity index (χ2v) is 2.59. The number of aromatic nitrogens is 1. The molecule has 0 aliphatic heterocycles. The van der Waals surface area contributed by atoms with Crippen molar-refractivity contribution in [3.63, 3.8) is 0 Å². The van der Waals surface area contributed by atoms with Crippen LogP contribution in [-0.2, 0) is 5.33 Å². The predicted molar refractivity (Wildman–Crippen MR) is 39.8 cm³/mol. The van der Waals surface area contributed by atoms with Crippen LogP contribution in [0.25, 0.3) is 0 Å². The topological polar surface area (TPSA) is 46.3 Å². The summed E-state index contributed by atoms with van der Waals surface area (Å²) in [5.74, 6) is 0.732. The number of nitrogens with zero attached hydrogens (tertiary/aromatic N) is 1. The fourth-order valence-corrected chi connectivity index (χ4v) is 0.853. The maximum atomic E-state index is 8.99.